The molecule has 0 radical (unpaired) electrons. The molecule has 0 bridgehead atoms. The van der Waals surface area contributed by atoms with Crippen LogP contribution in [0.15, 0.2) is 42.5 Å². The SMILES string of the molecule is Cc1ccc(CN(C)C(=O)[C@@H](N)Cc2ccccc2)s1. The van der Waals surface area contributed by atoms with E-state index in [4.69, 9.17) is 5.73 Å². The summed E-state index contributed by atoms with van der Waals surface area (Å²) in [5.41, 5.74) is 7.11. The van der Waals surface area contributed by atoms with Crippen LogP contribution in [0.1, 0.15) is 15.3 Å². The fourth-order valence-electron chi connectivity index (χ4n) is 2.12. The molecule has 3 nitrogen and oxygen atoms in total. The Morgan fingerprint density at radius 3 is 2.55 bits per heavy atom. The van der Waals surface area contributed by atoms with Gasteiger partial charge in [-0.2, -0.15) is 0 Å². The Balaban J connectivity index is 1.92. The van der Waals surface area contributed by atoms with E-state index >= 15 is 0 Å². The summed E-state index contributed by atoms with van der Waals surface area (Å²) in [4.78, 5) is 16.4. The maximum atomic E-state index is 12.3. The lowest BCUT2D eigenvalue weighted by Crippen LogP contribution is -2.42. The van der Waals surface area contributed by atoms with Crippen molar-refractivity contribution < 1.29 is 4.79 Å². The number of rotatable bonds is 5. The number of thiophene rings is 1. The molecule has 0 unspecified atom stereocenters. The molecule has 1 aromatic carbocycles. The number of carbonyl (C=O) groups is 1. The Kier molecular flexibility index (Phi) is 4.93. The molecule has 0 aliphatic carbocycles. The van der Waals surface area contributed by atoms with Gasteiger partial charge in [0.05, 0.1) is 12.6 Å². The van der Waals surface area contributed by atoms with Crippen LogP contribution in [0, 0.1) is 6.92 Å². The van der Waals surface area contributed by atoms with Gasteiger partial charge in [-0.25, -0.2) is 0 Å². The quantitative estimate of drug-likeness (QED) is 0.919. The van der Waals surface area contributed by atoms with Crippen LogP contribution in [0.3, 0.4) is 0 Å². The molecule has 106 valence electrons. The van der Waals surface area contributed by atoms with Crippen LogP contribution in [0.2, 0.25) is 0 Å². The van der Waals surface area contributed by atoms with Crippen molar-refractivity contribution in [1.29, 1.82) is 0 Å². The molecule has 2 aromatic rings. The average molecular weight is 288 g/mol. The molecule has 1 heterocycles. The van der Waals surface area contributed by atoms with Gasteiger partial charge in [0.15, 0.2) is 0 Å². The van der Waals surface area contributed by atoms with Gasteiger partial charge in [-0.1, -0.05) is 30.3 Å². The third kappa shape index (κ3) is 3.92. The van der Waals surface area contributed by atoms with Crippen molar-refractivity contribution in [1.82, 2.24) is 4.90 Å². The summed E-state index contributed by atoms with van der Waals surface area (Å²) in [5.74, 6) is -0.0140. The molecular weight excluding hydrogens is 268 g/mol. The van der Waals surface area contributed by atoms with Gasteiger partial charge in [0.2, 0.25) is 5.91 Å². The number of amides is 1. The fourth-order valence-corrected chi connectivity index (χ4v) is 3.06. The molecular formula is C16H20N2OS. The van der Waals surface area contributed by atoms with E-state index in [2.05, 4.69) is 19.1 Å². The molecule has 0 fully saturated rings. The molecule has 1 atom stereocenters. The minimum Gasteiger partial charge on any atom is -0.339 e. The molecule has 4 heteroatoms. The Morgan fingerprint density at radius 2 is 1.95 bits per heavy atom. The van der Waals surface area contributed by atoms with E-state index in [1.807, 2.05) is 37.4 Å². The first kappa shape index (κ1) is 14.8. The zero-order valence-corrected chi connectivity index (χ0v) is 12.7. The largest absolute Gasteiger partial charge is 0.339 e. The van der Waals surface area contributed by atoms with Gasteiger partial charge >= 0.3 is 0 Å². The first-order valence-corrected chi connectivity index (χ1v) is 7.47. The molecule has 1 amide bonds. The summed E-state index contributed by atoms with van der Waals surface area (Å²) < 4.78 is 0. The molecule has 0 aliphatic heterocycles. The Hall–Kier alpha value is -1.65. The number of carbonyl (C=O) groups excluding carboxylic acids is 1. The van der Waals surface area contributed by atoms with Crippen LogP contribution >= 0.6 is 11.3 Å². The Morgan fingerprint density at radius 1 is 1.25 bits per heavy atom. The van der Waals surface area contributed by atoms with Gasteiger partial charge in [0.25, 0.3) is 0 Å². The van der Waals surface area contributed by atoms with Crippen molar-refractivity contribution in [2.45, 2.75) is 25.9 Å². The molecule has 1 aromatic heterocycles. The van der Waals surface area contributed by atoms with Crippen molar-refractivity contribution >= 4 is 17.2 Å². The predicted octanol–water partition coefficient (Wildman–Crippen LogP) is 2.58. The lowest BCUT2D eigenvalue weighted by atomic mass is 10.1. The topological polar surface area (TPSA) is 46.3 Å². The van der Waals surface area contributed by atoms with Gasteiger partial charge in [0, 0.05) is 16.8 Å². The van der Waals surface area contributed by atoms with Gasteiger partial charge in [0.1, 0.15) is 0 Å². The first-order chi connectivity index (χ1) is 9.56. The van der Waals surface area contributed by atoms with Crippen molar-refractivity contribution in [2.24, 2.45) is 5.73 Å². The van der Waals surface area contributed by atoms with E-state index in [1.54, 1.807) is 16.2 Å². The second kappa shape index (κ2) is 6.68. The minimum atomic E-state index is -0.483. The van der Waals surface area contributed by atoms with Gasteiger partial charge in [-0.15, -0.1) is 11.3 Å². The number of hydrogen-bond donors (Lipinski definition) is 1. The van der Waals surface area contributed by atoms with Crippen LogP contribution in [-0.2, 0) is 17.8 Å². The monoisotopic (exact) mass is 288 g/mol. The predicted molar refractivity (Wildman–Crippen MR) is 83.7 cm³/mol. The second-order valence-electron chi connectivity index (χ2n) is 5.00. The normalized spacial score (nSPS) is 12.2. The first-order valence-electron chi connectivity index (χ1n) is 6.66. The highest BCUT2D eigenvalue weighted by Crippen LogP contribution is 2.17. The van der Waals surface area contributed by atoms with Gasteiger partial charge in [-0.05, 0) is 31.0 Å². The number of aryl methyl sites for hydroxylation is 1. The highest BCUT2D eigenvalue weighted by Gasteiger charge is 2.18. The zero-order chi connectivity index (χ0) is 14.5. The number of likely N-dealkylation sites (N-methyl/N-ethyl adjacent to an activating group) is 1. The van der Waals surface area contributed by atoms with Gasteiger partial charge < -0.3 is 10.6 Å². The Bertz CT molecular complexity index is 565. The van der Waals surface area contributed by atoms with Crippen molar-refractivity contribution in [2.75, 3.05) is 7.05 Å². The highest BCUT2D eigenvalue weighted by atomic mass is 32.1. The van der Waals surface area contributed by atoms with E-state index in [9.17, 15) is 4.79 Å². The third-order valence-corrected chi connectivity index (χ3v) is 4.17. The molecule has 0 aliphatic rings. The van der Waals surface area contributed by atoms with E-state index in [-0.39, 0.29) is 5.91 Å². The van der Waals surface area contributed by atoms with Crippen LogP contribution in [-0.4, -0.2) is 23.9 Å². The van der Waals surface area contributed by atoms with Crippen molar-refractivity contribution in [3.05, 3.63) is 57.8 Å². The van der Waals surface area contributed by atoms with Crippen LogP contribution in [0.4, 0.5) is 0 Å². The van der Waals surface area contributed by atoms with Crippen LogP contribution in [0.5, 0.6) is 0 Å². The zero-order valence-electron chi connectivity index (χ0n) is 11.9. The summed E-state index contributed by atoms with van der Waals surface area (Å²) in [6.45, 7) is 2.69. The maximum Gasteiger partial charge on any atom is 0.239 e. The van der Waals surface area contributed by atoms with Gasteiger partial charge in [-0.3, -0.25) is 4.79 Å². The average Bonchev–Trinajstić information content (AvgIpc) is 2.84. The summed E-state index contributed by atoms with van der Waals surface area (Å²) in [5, 5.41) is 0. The smallest absolute Gasteiger partial charge is 0.239 e. The standard InChI is InChI=1S/C16H20N2OS/c1-12-8-9-14(20-12)11-18(2)16(19)15(17)10-13-6-4-3-5-7-13/h3-9,15H,10-11,17H2,1-2H3/t15-/m0/s1. The lowest BCUT2D eigenvalue weighted by molar-refractivity contribution is -0.131. The molecule has 0 spiro atoms. The van der Waals surface area contributed by atoms with Crippen LogP contribution < -0.4 is 5.73 Å². The minimum absolute atomic E-state index is 0.0140. The highest BCUT2D eigenvalue weighted by molar-refractivity contribution is 7.11. The second-order valence-corrected chi connectivity index (χ2v) is 6.38. The number of nitrogens with two attached hydrogens (primary N) is 1. The molecule has 2 rings (SSSR count). The van der Waals surface area contributed by atoms with Crippen molar-refractivity contribution in [3.8, 4) is 0 Å². The summed E-state index contributed by atoms with van der Waals surface area (Å²) in [7, 11) is 1.81. The number of hydrogen-bond acceptors (Lipinski definition) is 3. The number of benzene rings is 1. The maximum absolute atomic E-state index is 12.3. The molecule has 0 saturated heterocycles. The summed E-state index contributed by atoms with van der Waals surface area (Å²) in [6.07, 6.45) is 0.577. The Labute approximate surface area is 124 Å². The summed E-state index contributed by atoms with van der Waals surface area (Å²) in [6, 6.07) is 13.5. The van der Waals surface area contributed by atoms with E-state index in [0.717, 1.165) is 5.56 Å². The third-order valence-electron chi connectivity index (χ3n) is 3.18. The molecule has 2 N–H and O–H groups in total. The van der Waals surface area contributed by atoms with E-state index < -0.39 is 6.04 Å². The van der Waals surface area contributed by atoms with Crippen molar-refractivity contribution in [3.63, 3.8) is 0 Å². The fraction of sp³-hybridized carbons (Fsp3) is 0.312. The van der Waals surface area contributed by atoms with Crippen LogP contribution in [0.25, 0.3) is 0 Å². The summed E-state index contributed by atoms with van der Waals surface area (Å²) >= 11 is 1.71. The lowest BCUT2D eigenvalue weighted by Gasteiger charge is -2.20. The van der Waals surface area contributed by atoms with E-state index in [1.165, 1.54) is 9.75 Å². The molecule has 0 saturated carbocycles. The number of nitrogens with zero attached hydrogens (tertiary/aromatic N) is 1. The molecule has 20 heavy (non-hydrogen) atoms. The van der Waals surface area contributed by atoms with E-state index in [0.29, 0.717) is 13.0 Å².